The Morgan fingerprint density at radius 1 is 1.22 bits per heavy atom. The molecule has 0 saturated carbocycles. The molecule has 0 spiro atoms. The molecule has 0 unspecified atom stereocenters. The summed E-state index contributed by atoms with van der Waals surface area (Å²) in [7, 11) is 1.37. The van der Waals surface area contributed by atoms with Crippen molar-refractivity contribution in [3.05, 3.63) is 64.4 Å². The normalized spacial score (nSPS) is 10.5. The number of furan rings is 1. The fourth-order valence-corrected chi connectivity index (χ4v) is 2.17. The predicted octanol–water partition coefficient (Wildman–Crippen LogP) is 3.60. The third-order valence-corrected chi connectivity index (χ3v) is 3.29. The van der Waals surface area contributed by atoms with Gasteiger partial charge in [0.1, 0.15) is 11.3 Å². The van der Waals surface area contributed by atoms with Crippen molar-refractivity contribution in [2.75, 3.05) is 12.4 Å². The molecule has 1 aromatic heterocycles. The number of nitro benzene ring substituents is 1. The Morgan fingerprint density at radius 3 is 2.70 bits per heavy atom. The van der Waals surface area contributed by atoms with E-state index in [0.717, 1.165) is 5.39 Å². The average molecular weight is 312 g/mol. The fourth-order valence-electron chi connectivity index (χ4n) is 2.17. The second-order valence-corrected chi connectivity index (χ2v) is 4.74. The second kappa shape index (κ2) is 5.80. The number of carbonyl (C=O) groups is 1. The highest BCUT2D eigenvalue weighted by Crippen LogP contribution is 2.29. The van der Waals surface area contributed by atoms with E-state index in [9.17, 15) is 14.9 Å². The lowest BCUT2D eigenvalue weighted by Gasteiger charge is -2.08. The molecule has 3 rings (SSSR count). The van der Waals surface area contributed by atoms with Crippen LogP contribution in [0.3, 0.4) is 0 Å². The first-order chi connectivity index (χ1) is 11.1. The van der Waals surface area contributed by atoms with Gasteiger partial charge in [-0.05, 0) is 18.2 Å². The number of non-ortho nitro benzene ring substituents is 1. The van der Waals surface area contributed by atoms with Crippen LogP contribution in [-0.4, -0.2) is 17.9 Å². The minimum Gasteiger partial charge on any atom is -0.494 e. The minimum absolute atomic E-state index is 0.122. The molecule has 7 heteroatoms. The Kier molecular flexibility index (Phi) is 3.68. The molecule has 1 N–H and O–H groups in total. The van der Waals surface area contributed by atoms with Gasteiger partial charge in [-0.25, -0.2) is 0 Å². The topological polar surface area (TPSA) is 94.6 Å². The lowest BCUT2D eigenvalue weighted by atomic mass is 10.2. The number of anilines is 1. The number of methoxy groups -OCH3 is 1. The first-order valence-electron chi connectivity index (χ1n) is 6.71. The monoisotopic (exact) mass is 312 g/mol. The maximum absolute atomic E-state index is 12.3. The van der Waals surface area contributed by atoms with Crippen molar-refractivity contribution in [2.45, 2.75) is 0 Å². The number of nitro groups is 1. The van der Waals surface area contributed by atoms with Crippen molar-refractivity contribution >= 4 is 28.3 Å². The Balaban J connectivity index is 1.88. The summed E-state index contributed by atoms with van der Waals surface area (Å²) in [5, 5.41) is 14.2. The molecule has 1 heterocycles. The molecule has 0 bridgehead atoms. The Bertz CT molecular complexity index is 867. The lowest BCUT2D eigenvalue weighted by molar-refractivity contribution is -0.384. The number of hydrogen-bond acceptors (Lipinski definition) is 5. The van der Waals surface area contributed by atoms with Gasteiger partial charge in [-0.2, -0.15) is 0 Å². The zero-order chi connectivity index (χ0) is 16.4. The number of para-hydroxylation sites is 1. The quantitative estimate of drug-likeness (QED) is 0.586. The van der Waals surface area contributed by atoms with E-state index in [1.165, 1.54) is 25.3 Å². The van der Waals surface area contributed by atoms with Crippen LogP contribution in [-0.2, 0) is 0 Å². The summed E-state index contributed by atoms with van der Waals surface area (Å²) in [6.07, 6.45) is 0. The smallest absolute Gasteiger partial charge is 0.291 e. The van der Waals surface area contributed by atoms with E-state index in [0.29, 0.717) is 11.3 Å². The van der Waals surface area contributed by atoms with E-state index < -0.39 is 10.8 Å². The van der Waals surface area contributed by atoms with E-state index in [1.807, 2.05) is 18.2 Å². The third kappa shape index (κ3) is 2.84. The van der Waals surface area contributed by atoms with Gasteiger partial charge in [-0.1, -0.05) is 18.2 Å². The summed E-state index contributed by atoms with van der Waals surface area (Å²) in [4.78, 5) is 22.5. The van der Waals surface area contributed by atoms with Crippen molar-refractivity contribution in [3.63, 3.8) is 0 Å². The lowest BCUT2D eigenvalue weighted by Crippen LogP contribution is -2.11. The maximum Gasteiger partial charge on any atom is 0.291 e. The number of amides is 1. The van der Waals surface area contributed by atoms with Crippen LogP contribution in [0.2, 0.25) is 0 Å². The third-order valence-electron chi connectivity index (χ3n) is 3.29. The largest absolute Gasteiger partial charge is 0.494 e. The number of nitrogens with zero attached hydrogens (tertiary/aromatic N) is 1. The molecule has 1 amide bonds. The van der Waals surface area contributed by atoms with Gasteiger partial charge in [0.2, 0.25) is 0 Å². The second-order valence-electron chi connectivity index (χ2n) is 4.74. The molecule has 0 aliphatic heterocycles. The molecule has 0 aliphatic rings. The summed E-state index contributed by atoms with van der Waals surface area (Å²) in [6, 6.07) is 12.8. The zero-order valence-corrected chi connectivity index (χ0v) is 12.1. The number of ether oxygens (including phenoxy) is 1. The van der Waals surface area contributed by atoms with Gasteiger partial charge in [0.15, 0.2) is 5.76 Å². The van der Waals surface area contributed by atoms with Gasteiger partial charge in [0.25, 0.3) is 11.6 Å². The molecule has 0 atom stereocenters. The van der Waals surface area contributed by atoms with Crippen LogP contribution in [0.4, 0.5) is 11.4 Å². The van der Waals surface area contributed by atoms with Crippen LogP contribution in [0.5, 0.6) is 5.75 Å². The van der Waals surface area contributed by atoms with Crippen LogP contribution in [0.1, 0.15) is 10.6 Å². The number of carbonyl (C=O) groups excluding carboxylic acids is 1. The highest BCUT2D eigenvalue weighted by Gasteiger charge is 2.16. The number of nitrogens with one attached hydrogen (secondary N) is 1. The molecule has 0 saturated heterocycles. The van der Waals surface area contributed by atoms with Gasteiger partial charge in [-0.3, -0.25) is 14.9 Å². The summed E-state index contributed by atoms with van der Waals surface area (Å²) in [6.45, 7) is 0. The highest BCUT2D eigenvalue weighted by molar-refractivity contribution is 6.05. The number of benzene rings is 2. The molecule has 116 valence electrons. The zero-order valence-electron chi connectivity index (χ0n) is 12.1. The van der Waals surface area contributed by atoms with E-state index in [2.05, 4.69) is 5.32 Å². The minimum atomic E-state index is -0.534. The van der Waals surface area contributed by atoms with Crippen molar-refractivity contribution in [3.8, 4) is 5.75 Å². The van der Waals surface area contributed by atoms with Crippen LogP contribution in [0, 0.1) is 10.1 Å². The van der Waals surface area contributed by atoms with E-state index in [1.54, 1.807) is 12.1 Å². The predicted molar refractivity (Wildman–Crippen MR) is 83.8 cm³/mol. The Hall–Kier alpha value is -3.35. The van der Waals surface area contributed by atoms with Gasteiger partial charge in [-0.15, -0.1) is 0 Å². The number of hydrogen-bond donors (Lipinski definition) is 1. The molecular formula is C16H12N2O5. The van der Waals surface area contributed by atoms with Crippen molar-refractivity contribution in [1.82, 2.24) is 0 Å². The Morgan fingerprint density at radius 2 is 2.00 bits per heavy atom. The van der Waals surface area contributed by atoms with Gasteiger partial charge in [0, 0.05) is 11.5 Å². The highest BCUT2D eigenvalue weighted by atomic mass is 16.6. The molecular weight excluding hydrogens is 300 g/mol. The summed E-state index contributed by atoms with van der Waals surface area (Å²) < 4.78 is 10.6. The molecule has 2 aromatic carbocycles. The summed E-state index contributed by atoms with van der Waals surface area (Å²) >= 11 is 0. The van der Waals surface area contributed by atoms with Crippen LogP contribution in [0.15, 0.2) is 52.9 Å². The van der Waals surface area contributed by atoms with Crippen LogP contribution >= 0.6 is 0 Å². The summed E-state index contributed by atoms with van der Waals surface area (Å²) in [5.74, 6) is -0.122. The number of fused-ring (bicyclic) bond motifs is 1. The molecule has 0 aliphatic carbocycles. The molecule has 23 heavy (non-hydrogen) atoms. The van der Waals surface area contributed by atoms with Gasteiger partial charge >= 0.3 is 0 Å². The van der Waals surface area contributed by atoms with E-state index in [-0.39, 0.29) is 17.2 Å². The fraction of sp³-hybridized carbons (Fsp3) is 0.0625. The van der Waals surface area contributed by atoms with Crippen LogP contribution < -0.4 is 10.1 Å². The first-order valence-corrected chi connectivity index (χ1v) is 6.71. The van der Waals surface area contributed by atoms with E-state index in [4.69, 9.17) is 9.15 Å². The van der Waals surface area contributed by atoms with Gasteiger partial charge in [0.05, 0.1) is 23.8 Å². The maximum atomic E-state index is 12.3. The standard InChI is InChI=1S/C16H12N2O5/c1-22-14-9-11(18(20)21)6-7-12(14)17-16(19)15-8-10-4-2-3-5-13(10)23-15/h2-9H,1H3,(H,17,19). The SMILES string of the molecule is COc1cc([N+](=O)[O-])ccc1NC(=O)c1cc2ccccc2o1. The van der Waals surface area contributed by atoms with Crippen molar-refractivity contribution in [1.29, 1.82) is 0 Å². The molecule has 0 fully saturated rings. The van der Waals surface area contributed by atoms with Crippen LogP contribution in [0.25, 0.3) is 11.0 Å². The molecule has 3 aromatic rings. The van der Waals surface area contributed by atoms with Crippen molar-refractivity contribution < 1.29 is 18.9 Å². The summed E-state index contributed by atoms with van der Waals surface area (Å²) in [5.41, 5.74) is 0.806. The number of rotatable bonds is 4. The molecule has 7 nitrogen and oxygen atoms in total. The average Bonchev–Trinajstić information content (AvgIpc) is 2.99. The van der Waals surface area contributed by atoms with Gasteiger partial charge < -0.3 is 14.5 Å². The first kappa shape index (κ1) is 14.6. The molecule has 0 radical (unpaired) electrons. The van der Waals surface area contributed by atoms with E-state index >= 15 is 0 Å². The Labute approximate surface area is 130 Å². The van der Waals surface area contributed by atoms with Crippen molar-refractivity contribution in [2.24, 2.45) is 0 Å².